The number of amidine groups is 1. The summed E-state index contributed by atoms with van der Waals surface area (Å²) in [6.07, 6.45) is 0. The van der Waals surface area contributed by atoms with E-state index in [4.69, 9.17) is 9.02 Å². The topological polar surface area (TPSA) is 130 Å². The molecule has 2 aromatic rings. The molecule has 0 spiro atoms. The highest BCUT2D eigenvalue weighted by Crippen LogP contribution is 2.15. The van der Waals surface area contributed by atoms with Crippen LogP contribution in [0.5, 0.6) is 0 Å². The molecule has 2 saturated heterocycles. The predicted octanol–water partition coefficient (Wildman–Crippen LogP) is 1.78. The fourth-order valence-electron chi connectivity index (χ4n) is 3.17. The zero-order valence-corrected chi connectivity index (χ0v) is 23.0. The SMILES string of the molecule is Cc1ccc(S(=O)(=O)O/N=C2\OCCN2C)cc1.Cc1ccc(S(=O)(=O)ON=C2N(C)CCN2C)cc1. The number of benzene rings is 2. The highest BCUT2D eigenvalue weighted by molar-refractivity contribution is 7.87. The van der Waals surface area contributed by atoms with Crippen LogP contribution >= 0.6 is 0 Å². The van der Waals surface area contributed by atoms with Crippen LogP contribution < -0.4 is 0 Å². The van der Waals surface area contributed by atoms with Crippen LogP contribution in [0.3, 0.4) is 0 Å². The van der Waals surface area contributed by atoms with Crippen molar-refractivity contribution in [3.05, 3.63) is 59.7 Å². The van der Waals surface area contributed by atoms with E-state index in [1.54, 1.807) is 36.2 Å². The van der Waals surface area contributed by atoms with Crippen LogP contribution in [-0.2, 0) is 33.5 Å². The largest absolute Gasteiger partial charge is 0.461 e. The molecule has 0 N–H and O–H groups in total. The maximum atomic E-state index is 11.9. The van der Waals surface area contributed by atoms with Gasteiger partial charge < -0.3 is 19.4 Å². The Morgan fingerprint density at radius 2 is 1.11 bits per heavy atom. The van der Waals surface area contributed by atoms with Crippen molar-refractivity contribution in [1.82, 2.24) is 14.7 Å². The van der Waals surface area contributed by atoms with E-state index in [0.717, 1.165) is 24.2 Å². The van der Waals surface area contributed by atoms with Crippen molar-refractivity contribution in [2.75, 3.05) is 47.4 Å². The molecule has 4 rings (SSSR count). The molecule has 202 valence electrons. The van der Waals surface area contributed by atoms with Gasteiger partial charge in [-0.2, -0.15) is 16.8 Å². The first-order chi connectivity index (χ1) is 17.4. The summed E-state index contributed by atoms with van der Waals surface area (Å²) >= 11 is 0. The van der Waals surface area contributed by atoms with E-state index in [0.29, 0.717) is 19.1 Å². The highest BCUT2D eigenvalue weighted by atomic mass is 32.2. The monoisotopic (exact) mass is 553 g/mol. The Bertz CT molecular complexity index is 1330. The van der Waals surface area contributed by atoms with Gasteiger partial charge in [0.1, 0.15) is 16.4 Å². The Morgan fingerprint density at radius 3 is 1.51 bits per heavy atom. The zero-order valence-electron chi connectivity index (χ0n) is 21.4. The van der Waals surface area contributed by atoms with Gasteiger partial charge in [0.25, 0.3) is 0 Å². The molecular weight excluding hydrogens is 522 g/mol. The fraction of sp³-hybridized carbons (Fsp3) is 0.391. The molecule has 2 fully saturated rings. The molecule has 12 nitrogen and oxygen atoms in total. The molecule has 0 bridgehead atoms. The van der Waals surface area contributed by atoms with Gasteiger partial charge in [-0.1, -0.05) is 35.4 Å². The first-order valence-electron chi connectivity index (χ1n) is 11.3. The third-order valence-electron chi connectivity index (χ3n) is 5.49. The van der Waals surface area contributed by atoms with Crippen LogP contribution in [0.4, 0.5) is 0 Å². The molecule has 37 heavy (non-hydrogen) atoms. The van der Waals surface area contributed by atoms with E-state index < -0.39 is 20.2 Å². The van der Waals surface area contributed by atoms with Crippen molar-refractivity contribution in [3.8, 4) is 0 Å². The Kier molecular flexibility index (Phi) is 8.86. The summed E-state index contributed by atoms with van der Waals surface area (Å²) in [6.45, 7) is 6.49. The second kappa shape index (κ2) is 11.7. The van der Waals surface area contributed by atoms with Crippen LogP contribution in [0.1, 0.15) is 11.1 Å². The molecule has 0 unspecified atom stereocenters. The Balaban J connectivity index is 0.000000206. The molecule has 0 radical (unpaired) electrons. The Labute approximate surface area is 217 Å². The van der Waals surface area contributed by atoms with E-state index in [2.05, 4.69) is 14.6 Å². The number of hydrogen-bond acceptors (Lipinski definition) is 9. The van der Waals surface area contributed by atoms with E-state index >= 15 is 0 Å². The molecule has 0 amide bonds. The Morgan fingerprint density at radius 1 is 0.676 bits per heavy atom. The van der Waals surface area contributed by atoms with E-state index in [1.165, 1.54) is 24.3 Å². The van der Waals surface area contributed by atoms with Crippen LogP contribution in [-0.4, -0.2) is 90.9 Å². The lowest BCUT2D eigenvalue weighted by atomic mass is 10.2. The molecule has 0 aliphatic carbocycles. The van der Waals surface area contributed by atoms with Crippen LogP contribution in [0.25, 0.3) is 0 Å². The van der Waals surface area contributed by atoms with Gasteiger partial charge in [0.2, 0.25) is 5.96 Å². The minimum atomic E-state index is -3.88. The van der Waals surface area contributed by atoms with Crippen molar-refractivity contribution in [2.24, 2.45) is 10.3 Å². The summed E-state index contributed by atoms with van der Waals surface area (Å²) in [5.41, 5.74) is 1.96. The van der Waals surface area contributed by atoms with Gasteiger partial charge in [-0.15, -0.1) is 0 Å². The lowest BCUT2D eigenvalue weighted by Crippen LogP contribution is -2.28. The summed E-state index contributed by atoms with van der Waals surface area (Å²) in [6, 6.07) is 13.0. The van der Waals surface area contributed by atoms with Gasteiger partial charge in [0.15, 0.2) is 0 Å². The van der Waals surface area contributed by atoms with Crippen LogP contribution in [0.15, 0.2) is 68.6 Å². The average molecular weight is 554 g/mol. The minimum Gasteiger partial charge on any atom is -0.461 e. The quantitative estimate of drug-likeness (QED) is 0.488. The van der Waals surface area contributed by atoms with Crippen molar-refractivity contribution in [3.63, 3.8) is 0 Å². The molecule has 0 aromatic heterocycles. The van der Waals surface area contributed by atoms with Crippen molar-refractivity contribution >= 4 is 32.2 Å². The van der Waals surface area contributed by atoms with Crippen LogP contribution in [0, 0.1) is 13.8 Å². The maximum Gasteiger partial charge on any atom is 0.358 e. The summed E-state index contributed by atoms with van der Waals surface area (Å²) in [5.74, 6) is 0.510. The summed E-state index contributed by atoms with van der Waals surface area (Å²) in [7, 11) is -2.32. The van der Waals surface area contributed by atoms with Crippen LogP contribution in [0.2, 0.25) is 0 Å². The number of rotatable bonds is 6. The lowest BCUT2D eigenvalue weighted by molar-refractivity contribution is 0.289. The molecule has 2 aromatic carbocycles. The van der Waals surface area contributed by atoms with Gasteiger partial charge in [-0.3, -0.25) is 8.57 Å². The molecule has 0 atom stereocenters. The first-order valence-corrected chi connectivity index (χ1v) is 14.1. The minimum absolute atomic E-state index is 0.0677. The zero-order chi connectivity index (χ0) is 27.2. The molecule has 2 aliphatic rings. The molecule has 14 heteroatoms. The van der Waals surface area contributed by atoms with E-state index in [1.807, 2.05) is 37.7 Å². The number of ether oxygens (including phenoxy) is 1. The van der Waals surface area contributed by atoms with Gasteiger partial charge in [0.05, 0.1) is 6.54 Å². The molecule has 2 aliphatic heterocycles. The second-order valence-corrected chi connectivity index (χ2v) is 11.6. The summed E-state index contributed by atoms with van der Waals surface area (Å²) < 4.78 is 62.0. The highest BCUT2D eigenvalue weighted by Gasteiger charge is 2.23. The van der Waals surface area contributed by atoms with E-state index in [-0.39, 0.29) is 15.8 Å². The number of hydrogen-bond donors (Lipinski definition) is 0. The molecule has 2 heterocycles. The van der Waals surface area contributed by atoms with Crippen molar-refractivity contribution < 1.29 is 30.1 Å². The third kappa shape index (κ3) is 7.49. The smallest absolute Gasteiger partial charge is 0.358 e. The first kappa shape index (κ1) is 28.1. The summed E-state index contributed by atoms with van der Waals surface area (Å²) in [4.78, 5) is 5.52. The van der Waals surface area contributed by atoms with Gasteiger partial charge in [-0.05, 0) is 48.4 Å². The Hall–Kier alpha value is -3.52. The second-order valence-electron chi connectivity index (χ2n) is 8.56. The van der Waals surface area contributed by atoms with Gasteiger partial charge in [0, 0.05) is 34.2 Å². The lowest BCUT2D eigenvalue weighted by Gasteiger charge is -2.14. The van der Waals surface area contributed by atoms with Crippen molar-refractivity contribution in [2.45, 2.75) is 23.6 Å². The number of likely N-dealkylation sites (N-methyl/N-ethyl adjacent to an activating group) is 3. The molecular formula is C23H31N5O7S2. The number of aryl methyl sites for hydroxylation is 2. The molecule has 0 saturated carbocycles. The van der Waals surface area contributed by atoms with Gasteiger partial charge in [-0.25, -0.2) is 0 Å². The number of nitrogens with zero attached hydrogens (tertiary/aromatic N) is 5. The van der Waals surface area contributed by atoms with Crippen molar-refractivity contribution in [1.29, 1.82) is 0 Å². The number of oxime groups is 2. The third-order valence-corrected chi connectivity index (χ3v) is 7.73. The average Bonchev–Trinajstić information content (AvgIpc) is 3.41. The predicted molar refractivity (Wildman–Crippen MR) is 138 cm³/mol. The van der Waals surface area contributed by atoms with Gasteiger partial charge >= 0.3 is 26.3 Å². The maximum absolute atomic E-state index is 11.9. The fourth-order valence-corrected chi connectivity index (χ4v) is 4.60. The normalized spacial score (nSPS) is 16.8. The summed E-state index contributed by atoms with van der Waals surface area (Å²) in [5, 5.41) is 7.24. The number of guanidine groups is 1. The van der Waals surface area contributed by atoms with E-state index in [9.17, 15) is 16.8 Å². The standard InChI is InChI=1S/C12H17N3O3S.C11H14N2O4S/c1-10-4-6-11(7-5-10)19(16,17)18-13-12-14(2)8-9-15(12)3;1-9-3-5-10(6-4-9)18(14,15)17-12-11-13(2)7-8-16-11/h4-7H,8-9H2,1-3H3;3-6H,7-8H2,1-2H3/b;12-11-.